The largest absolute Gasteiger partial charge is 0.293 e. The van der Waals surface area contributed by atoms with Crippen LogP contribution in [0.5, 0.6) is 0 Å². The number of aliphatic imine (C=N–C) groups is 1. The van der Waals surface area contributed by atoms with E-state index in [1.54, 1.807) is 0 Å². The van der Waals surface area contributed by atoms with Crippen molar-refractivity contribution >= 4 is 17.2 Å². The molecule has 0 saturated heterocycles. The van der Waals surface area contributed by atoms with Gasteiger partial charge in [0.05, 0.1) is 11.3 Å². The number of nitriles is 1. The van der Waals surface area contributed by atoms with E-state index in [2.05, 4.69) is 23.0 Å². The topological polar surface area (TPSA) is 79.0 Å². The van der Waals surface area contributed by atoms with Gasteiger partial charge in [-0.15, -0.1) is 0 Å². The Morgan fingerprint density at radius 2 is 2.07 bits per heavy atom. The Balaban J connectivity index is 2.23. The van der Waals surface area contributed by atoms with Crippen LogP contribution in [0.4, 0.5) is 0 Å². The summed E-state index contributed by atoms with van der Waals surface area (Å²) in [5.74, 6) is 0.613. The molecule has 2 unspecified atom stereocenters. The maximum absolute atomic E-state index is 12.8. The highest BCUT2D eigenvalue weighted by atomic mass is 16.1. The first kappa shape index (κ1) is 19.2. The summed E-state index contributed by atoms with van der Waals surface area (Å²) < 4.78 is 0. The van der Waals surface area contributed by atoms with Gasteiger partial charge in [0, 0.05) is 22.7 Å². The highest BCUT2D eigenvalue weighted by Crippen LogP contribution is 2.54. The summed E-state index contributed by atoms with van der Waals surface area (Å²) in [5.41, 5.74) is 2.84. The molecule has 27 heavy (non-hydrogen) atoms. The summed E-state index contributed by atoms with van der Waals surface area (Å²) in [6.45, 7) is 11.8. The van der Waals surface area contributed by atoms with Crippen molar-refractivity contribution < 1.29 is 4.79 Å². The predicted octanol–water partition coefficient (Wildman–Crippen LogP) is 4.20. The van der Waals surface area contributed by atoms with E-state index >= 15 is 0 Å². The lowest BCUT2D eigenvalue weighted by Crippen LogP contribution is -2.51. The third-order valence-corrected chi connectivity index (χ3v) is 5.91. The minimum Gasteiger partial charge on any atom is -0.293 e. The molecule has 1 heterocycles. The zero-order valence-electron chi connectivity index (χ0n) is 16.9. The molecule has 2 aliphatic carbocycles. The zero-order chi connectivity index (χ0) is 20.0. The van der Waals surface area contributed by atoms with Crippen LogP contribution in [0.25, 0.3) is 5.70 Å². The van der Waals surface area contributed by atoms with Crippen molar-refractivity contribution in [2.24, 2.45) is 16.3 Å². The molecule has 2 atom stereocenters. The fourth-order valence-corrected chi connectivity index (χ4v) is 4.66. The number of carbonyl (C=O) groups is 1. The second-order valence-electron chi connectivity index (χ2n) is 8.39. The molecule has 140 valence electrons. The first-order chi connectivity index (χ1) is 12.6. The van der Waals surface area contributed by atoms with E-state index in [1.165, 1.54) is 0 Å². The van der Waals surface area contributed by atoms with Crippen LogP contribution in [-0.2, 0) is 16.6 Å². The van der Waals surface area contributed by atoms with E-state index in [-0.39, 0.29) is 17.3 Å². The molecule has 2 aliphatic rings. The smallest absolute Gasteiger partial charge is 0.178 e. The van der Waals surface area contributed by atoms with Crippen LogP contribution < -0.4 is 0 Å². The van der Waals surface area contributed by atoms with Gasteiger partial charge in [0.1, 0.15) is 11.8 Å². The number of carbonyl (C=O) groups excluding carboxylic acids is 1. The molecule has 3 rings (SSSR count). The third kappa shape index (κ3) is 2.93. The minimum atomic E-state index is -0.598. The van der Waals surface area contributed by atoms with E-state index in [9.17, 15) is 10.1 Å². The van der Waals surface area contributed by atoms with Gasteiger partial charge >= 0.3 is 0 Å². The maximum Gasteiger partial charge on any atom is 0.178 e. The van der Waals surface area contributed by atoms with Gasteiger partial charge in [-0.05, 0) is 45.1 Å². The number of nitrogens with zero attached hydrogens (tertiary/aromatic N) is 4. The molecule has 0 amide bonds. The van der Waals surface area contributed by atoms with Crippen LogP contribution in [0.3, 0.4) is 0 Å². The number of aryl methyl sites for hydroxylation is 1. The number of Topliss-reactive ketones (excluding diaryl/α,β-unsaturated/α-hetero) is 1. The van der Waals surface area contributed by atoms with E-state index in [4.69, 9.17) is 4.98 Å². The summed E-state index contributed by atoms with van der Waals surface area (Å²) >= 11 is 0. The number of hydrogen-bond acceptors (Lipinski definition) is 5. The van der Waals surface area contributed by atoms with Crippen molar-refractivity contribution in [1.82, 2.24) is 9.97 Å². The van der Waals surface area contributed by atoms with Gasteiger partial charge in [-0.3, -0.25) is 9.79 Å². The highest BCUT2D eigenvalue weighted by molar-refractivity contribution is 6.04. The molecule has 0 spiro atoms. The van der Waals surface area contributed by atoms with E-state index in [0.717, 1.165) is 35.5 Å². The van der Waals surface area contributed by atoms with Crippen LogP contribution in [0.1, 0.15) is 65.0 Å². The van der Waals surface area contributed by atoms with Crippen LogP contribution in [-0.4, -0.2) is 21.5 Å². The zero-order valence-corrected chi connectivity index (χ0v) is 16.9. The van der Waals surface area contributed by atoms with Crippen molar-refractivity contribution in [3.05, 3.63) is 41.0 Å². The second kappa shape index (κ2) is 6.53. The molecular formula is C22H26N4O. The first-order valence-corrected chi connectivity index (χ1v) is 9.38. The van der Waals surface area contributed by atoms with Crippen LogP contribution in [0, 0.1) is 22.7 Å². The monoisotopic (exact) mass is 362 g/mol. The van der Waals surface area contributed by atoms with Gasteiger partial charge in [0.2, 0.25) is 0 Å². The average Bonchev–Trinajstić information content (AvgIpc) is 2.62. The van der Waals surface area contributed by atoms with E-state index < -0.39 is 10.8 Å². The third-order valence-electron chi connectivity index (χ3n) is 5.91. The van der Waals surface area contributed by atoms with E-state index in [0.29, 0.717) is 5.82 Å². The van der Waals surface area contributed by atoms with Crippen molar-refractivity contribution in [1.29, 1.82) is 5.26 Å². The Hall–Kier alpha value is -2.61. The second-order valence-corrected chi connectivity index (χ2v) is 8.39. The van der Waals surface area contributed by atoms with Gasteiger partial charge in [0.15, 0.2) is 11.6 Å². The molecule has 0 aliphatic heterocycles. The number of rotatable bonds is 2. The summed E-state index contributed by atoms with van der Waals surface area (Å²) in [7, 11) is 0. The summed E-state index contributed by atoms with van der Waals surface area (Å²) in [4.78, 5) is 26.8. The van der Waals surface area contributed by atoms with Crippen molar-refractivity contribution in [3.63, 3.8) is 0 Å². The van der Waals surface area contributed by atoms with Gasteiger partial charge < -0.3 is 0 Å². The average molecular weight is 362 g/mol. The Bertz CT molecular complexity index is 942. The molecule has 5 heteroatoms. The van der Waals surface area contributed by atoms with Gasteiger partial charge in [-0.25, -0.2) is 9.97 Å². The Morgan fingerprint density at radius 3 is 2.67 bits per heavy atom. The lowest BCUT2D eigenvalue weighted by molar-refractivity contribution is -0.128. The predicted molar refractivity (Wildman–Crippen MR) is 106 cm³/mol. The van der Waals surface area contributed by atoms with E-state index in [1.807, 2.05) is 53.0 Å². The first-order valence-electron chi connectivity index (χ1n) is 9.38. The molecule has 0 saturated carbocycles. The minimum absolute atomic E-state index is 0.0643. The van der Waals surface area contributed by atoms with Crippen molar-refractivity contribution in [2.75, 3.05) is 0 Å². The molecule has 0 aromatic carbocycles. The molecule has 1 aromatic rings. The van der Waals surface area contributed by atoms with Gasteiger partial charge in [0.25, 0.3) is 0 Å². The molecule has 0 N–H and O–H groups in total. The Labute approximate surface area is 160 Å². The summed E-state index contributed by atoms with van der Waals surface area (Å²) in [6.07, 6.45) is 7.34. The molecule has 0 fully saturated rings. The SMILES string of the molecule is C/C=C(\N=C(C)C)c1ncc2c(n1)C1(C)C=C(C#N)C(=O)C(C)(C)C1CC2. The fraction of sp³-hybridized carbons (Fsp3) is 0.500. The normalized spacial score (nSPS) is 26.4. The molecule has 0 bridgehead atoms. The highest BCUT2D eigenvalue weighted by Gasteiger charge is 2.54. The van der Waals surface area contributed by atoms with Crippen LogP contribution in [0.2, 0.25) is 0 Å². The molecule has 5 nitrogen and oxygen atoms in total. The van der Waals surface area contributed by atoms with Gasteiger partial charge in [-0.2, -0.15) is 5.26 Å². The lowest BCUT2D eigenvalue weighted by Gasteiger charge is -2.50. The molecule has 1 aromatic heterocycles. The Morgan fingerprint density at radius 1 is 1.37 bits per heavy atom. The van der Waals surface area contributed by atoms with Crippen molar-refractivity contribution in [3.8, 4) is 6.07 Å². The number of aromatic nitrogens is 2. The number of fused-ring (bicyclic) bond motifs is 3. The fourth-order valence-electron chi connectivity index (χ4n) is 4.66. The van der Waals surface area contributed by atoms with Crippen LogP contribution >= 0.6 is 0 Å². The number of hydrogen-bond donors (Lipinski definition) is 0. The van der Waals surface area contributed by atoms with Crippen LogP contribution in [0.15, 0.2) is 28.9 Å². The van der Waals surface area contributed by atoms with Gasteiger partial charge in [-0.1, -0.05) is 32.9 Å². The van der Waals surface area contributed by atoms with Crippen molar-refractivity contribution in [2.45, 2.75) is 59.8 Å². The molecule has 0 radical (unpaired) electrons. The summed E-state index contributed by atoms with van der Waals surface area (Å²) in [6, 6.07) is 2.11. The number of allylic oxidation sites excluding steroid dienone is 3. The Kier molecular flexibility index (Phi) is 4.63. The quantitative estimate of drug-likeness (QED) is 0.739. The molecular weight excluding hydrogens is 336 g/mol. The maximum atomic E-state index is 12.8. The number of ketones is 1. The standard InChI is InChI=1S/C22H26N4O/c1-7-16(25-13(2)3)20-24-12-14-8-9-17-21(4,5)19(27)15(11-23)10-22(17,6)18(14)26-20/h7,10,12,17H,8-9H2,1-6H3/b16-7-. The lowest BCUT2D eigenvalue weighted by atomic mass is 9.52. The summed E-state index contributed by atoms with van der Waals surface area (Å²) in [5, 5.41) is 9.53.